The first-order valence-corrected chi connectivity index (χ1v) is 12.7. The smallest absolute Gasteiger partial charge is 0.321 e. The first kappa shape index (κ1) is 23.2. The van der Waals surface area contributed by atoms with E-state index in [1.54, 1.807) is 11.8 Å². The van der Waals surface area contributed by atoms with Crippen LogP contribution in [0.15, 0.2) is 103 Å². The van der Waals surface area contributed by atoms with E-state index >= 15 is 0 Å². The van der Waals surface area contributed by atoms with Gasteiger partial charge >= 0.3 is 5.97 Å². The lowest BCUT2D eigenvalue weighted by atomic mass is 9.81. The molecule has 4 aromatic carbocycles. The second kappa shape index (κ2) is 9.98. The van der Waals surface area contributed by atoms with E-state index in [1.807, 2.05) is 42.5 Å². The molecule has 5 heteroatoms. The van der Waals surface area contributed by atoms with Gasteiger partial charge in [-0.2, -0.15) is 0 Å². The number of carboxylic acid groups (broad SMARTS) is 1. The van der Waals surface area contributed by atoms with Crippen LogP contribution in [0.25, 0.3) is 0 Å². The van der Waals surface area contributed by atoms with Crippen LogP contribution in [0.1, 0.15) is 27.8 Å². The maximum absolute atomic E-state index is 11.6. The van der Waals surface area contributed by atoms with Crippen molar-refractivity contribution in [3.05, 3.63) is 131 Å². The predicted octanol–water partition coefficient (Wildman–Crippen LogP) is 6.01. The van der Waals surface area contributed by atoms with Crippen molar-refractivity contribution in [2.75, 3.05) is 5.75 Å². The van der Waals surface area contributed by atoms with Gasteiger partial charge in [0.2, 0.25) is 0 Å². The number of hydrogen-bond acceptors (Lipinski definition) is 4. The number of fused-ring (bicyclic) bond motifs is 2. The molecule has 0 amide bonds. The summed E-state index contributed by atoms with van der Waals surface area (Å²) in [4.78, 5) is 11.6. The minimum Gasteiger partial charge on any atom is -0.480 e. The number of carboxylic acids is 1. The number of thioether (sulfide) groups is 1. The Morgan fingerprint density at radius 3 is 1.89 bits per heavy atom. The number of aliphatic carboxylic acids is 1. The number of rotatable bonds is 7. The standard InChI is InChI=1S/C30H27NO3S/c31-28(29(32)33)20-35-30(23-16-18-25(19-17-23)34-24-10-2-1-3-11-24)26-12-6-4-8-21(26)14-15-22-9-5-7-13-27(22)30/h1-13,16-19,28H,14-15,20,31H2,(H,32,33)/t28-/m0/s1. The van der Waals surface area contributed by atoms with E-state index in [-0.39, 0.29) is 5.75 Å². The molecule has 1 atom stereocenters. The fraction of sp³-hybridized carbons (Fsp3) is 0.167. The maximum Gasteiger partial charge on any atom is 0.321 e. The summed E-state index contributed by atoms with van der Waals surface area (Å²) in [5.74, 6) is 0.814. The Balaban J connectivity index is 1.66. The summed E-state index contributed by atoms with van der Waals surface area (Å²) in [5.41, 5.74) is 12.0. The first-order chi connectivity index (χ1) is 17.1. The van der Waals surface area contributed by atoms with Crippen LogP contribution in [-0.2, 0) is 22.4 Å². The molecule has 4 nitrogen and oxygen atoms in total. The number of ether oxygens (including phenoxy) is 1. The summed E-state index contributed by atoms with van der Waals surface area (Å²) in [6.45, 7) is 0. The lowest BCUT2D eigenvalue weighted by molar-refractivity contribution is -0.137. The van der Waals surface area contributed by atoms with Crippen LogP contribution in [0.5, 0.6) is 11.5 Å². The molecule has 176 valence electrons. The van der Waals surface area contributed by atoms with Crippen LogP contribution in [0, 0.1) is 0 Å². The van der Waals surface area contributed by atoms with Crippen molar-refractivity contribution in [2.45, 2.75) is 23.6 Å². The molecule has 0 saturated heterocycles. The van der Waals surface area contributed by atoms with Gasteiger partial charge in [0.15, 0.2) is 0 Å². The second-order valence-electron chi connectivity index (χ2n) is 8.69. The van der Waals surface area contributed by atoms with E-state index in [4.69, 9.17) is 10.5 Å². The van der Waals surface area contributed by atoms with Gasteiger partial charge in [0.1, 0.15) is 17.5 Å². The van der Waals surface area contributed by atoms with Gasteiger partial charge in [-0.15, -0.1) is 11.8 Å². The highest BCUT2D eigenvalue weighted by atomic mass is 32.2. The fourth-order valence-corrected chi connectivity index (χ4v) is 6.38. The van der Waals surface area contributed by atoms with Gasteiger partial charge < -0.3 is 15.6 Å². The number of carbonyl (C=O) groups is 1. The van der Waals surface area contributed by atoms with Gasteiger partial charge in [-0.05, 0) is 64.9 Å². The van der Waals surface area contributed by atoms with Crippen molar-refractivity contribution in [1.82, 2.24) is 0 Å². The lowest BCUT2D eigenvalue weighted by Gasteiger charge is -2.37. The molecule has 3 N–H and O–H groups in total. The second-order valence-corrected chi connectivity index (χ2v) is 9.93. The zero-order valence-corrected chi connectivity index (χ0v) is 20.1. The average Bonchev–Trinajstić information content (AvgIpc) is 3.04. The van der Waals surface area contributed by atoms with Crippen molar-refractivity contribution in [3.63, 3.8) is 0 Å². The summed E-state index contributed by atoms with van der Waals surface area (Å²) in [6.07, 6.45) is 1.85. The SMILES string of the molecule is N[C@@H](CSC1(c2ccc(Oc3ccccc3)cc2)c2ccccc2CCc2ccccc21)C(=O)O. The van der Waals surface area contributed by atoms with Gasteiger partial charge in [-0.25, -0.2) is 0 Å². The summed E-state index contributed by atoms with van der Waals surface area (Å²) >= 11 is 1.60. The fourth-order valence-electron chi connectivity index (χ4n) is 4.80. The highest BCUT2D eigenvalue weighted by Gasteiger charge is 2.42. The third kappa shape index (κ3) is 4.57. The van der Waals surface area contributed by atoms with Crippen LogP contribution in [0.3, 0.4) is 0 Å². The van der Waals surface area contributed by atoms with Gasteiger partial charge in [-0.3, -0.25) is 4.79 Å². The Labute approximate surface area is 209 Å². The molecule has 1 aliphatic carbocycles. The Morgan fingerprint density at radius 1 is 0.800 bits per heavy atom. The third-order valence-electron chi connectivity index (χ3n) is 6.49. The van der Waals surface area contributed by atoms with E-state index in [9.17, 15) is 9.90 Å². The molecular weight excluding hydrogens is 454 g/mol. The van der Waals surface area contributed by atoms with Gasteiger partial charge in [0.05, 0.1) is 4.75 Å². The number of nitrogens with two attached hydrogens (primary N) is 1. The summed E-state index contributed by atoms with van der Waals surface area (Å²) in [7, 11) is 0. The molecule has 0 bridgehead atoms. The molecule has 5 rings (SSSR count). The van der Waals surface area contributed by atoms with Gasteiger partial charge in [0, 0.05) is 5.75 Å². The highest BCUT2D eigenvalue weighted by Crippen LogP contribution is 2.52. The Kier molecular flexibility index (Phi) is 6.62. The Hall–Kier alpha value is -3.54. The van der Waals surface area contributed by atoms with Crippen molar-refractivity contribution in [1.29, 1.82) is 0 Å². The number of benzene rings is 4. The molecule has 35 heavy (non-hydrogen) atoms. The number of aryl methyl sites for hydroxylation is 2. The topological polar surface area (TPSA) is 72.5 Å². The molecule has 0 radical (unpaired) electrons. The molecule has 0 heterocycles. The Morgan fingerprint density at radius 2 is 1.31 bits per heavy atom. The van der Waals surface area contributed by atoms with Crippen LogP contribution in [0.2, 0.25) is 0 Å². The van der Waals surface area contributed by atoms with E-state index in [0.29, 0.717) is 0 Å². The molecule has 0 unspecified atom stereocenters. The monoisotopic (exact) mass is 481 g/mol. The quantitative estimate of drug-likeness (QED) is 0.338. The number of para-hydroxylation sites is 1. The van der Waals surface area contributed by atoms with Gasteiger partial charge in [-0.1, -0.05) is 78.9 Å². The van der Waals surface area contributed by atoms with Crippen molar-refractivity contribution in [2.24, 2.45) is 5.73 Å². The first-order valence-electron chi connectivity index (χ1n) is 11.7. The zero-order valence-electron chi connectivity index (χ0n) is 19.3. The highest BCUT2D eigenvalue weighted by molar-refractivity contribution is 8.00. The van der Waals surface area contributed by atoms with Crippen molar-refractivity contribution >= 4 is 17.7 Å². The van der Waals surface area contributed by atoms with E-state index in [2.05, 4.69) is 60.7 Å². The largest absolute Gasteiger partial charge is 0.480 e. The minimum absolute atomic E-state index is 0.278. The minimum atomic E-state index is -0.991. The maximum atomic E-state index is 11.6. The average molecular weight is 482 g/mol. The Bertz CT molecular complexity index is 1270. The lowest BCUT2D eigenvalue weighted by Crippen LogP contribution is -2.36. The van der Waals surface area contributed by atoms with Crippen LogP contribution >= 0.6 is 11.8 Å². The van der Waals surface area contributed by atoms with E-state index < -0.39 is 16.8 Å². The molecule has 1 aliphatic rings. The van der Waals surface area contributed by atoms with Crippen LogP contribution in [-0.4, -0.2) is 22.9 Å². The van der Waals surface area contributed by atoms with Crippen LogP contribution in [0.4, 0.5) is 0 Å². The predicted molar refractivity (Wildman–Crippen MR) is 141 cm³/mol. The molecule has 0 aliphatic heterocycles. The van der Waals surface area contributed by atoms with Crippen molar-refractivity contribution < 1.29 is 14.6 Å². The van der Waals surface area contributed by atoms with Gasteiger partial charge in [0.25, 0.3) is 0 Å². The summed E-state index contributed by atoms with van der Waals surface area (Å²) < 4.78 is 5.45. The molecule has 0 aromatic heterocycles. The summed E-state index contributed by atoms with van der Waals surface area (Å²) in [5, 5.41) is 9.53. The zero-order chi connectivity index (χ0) is 24.3. The molecule has 0 saturated carbocycles. The van der Waals surface area contributed by atoms with Crippen LogP contribution < -0.4 is 10.5 Å². The van der Waals surface area contributed by atoms with Crippen molar-refractivity contribution in [3.8, 4) is 11.5 Å². The normalized spacial score (nSPS) is 14.8. The molecule has 0 fully saturated rings. The molecular formula is C30H27NO3S. The number of hydrogen-bond donors (Lipinski definition) is 2. The summed E-state index contributed by atoms with van der Waals surface area (Å²) in [6, 6.07) is 33.9. The molecule has 4 aromatic rings. The third-order valence-corrected chi connectivity index (χ3v) is 8.13. The molecule has 0 spiro atoms. The van der Waals surface area contributed by atoms with E-state index in [0.717, 1.165) is 29.9 Å². The van der Waals surface area contributed by atoms with E-state index in [1.165, 1.54) is 22.3 Å².